The van der Waals surface area contributed by atoms with Crippen molar-refractivity contribution in [2.75, 3.05) is 6.61 Å². The first-order chi connectivity index (χ1) is 21.0. The minimum absolute atomic E-state index is 0.0208. The van der Waals surface area contributed by atoms with Gasteiger partial charge in [0.1, 0.15) is 0 Å². The standard InChI is InChI=1S/C34H27F4NO3SSe/c1-20-17-28(15-16-29(20)42-19-31(40)41)43-30(18-22-3-5-23(6-4-22)24-9-13-27(35)14-10-24)32-21(2)39-33(44-32)25-7-11-26(12-8-25)34(36,37)38/h3-17,30H,18-19H2,1-2H3,(H,40,41). The quantitative estimate of drug-likeness (QED) is 0.0906. The van der Waals surface area contributed by atoms with Crippen molar-refractivity contribution in [1.82, 2.24) is 4.98 Å². The summed E-state index contributed by atoms with van der Waals surface area (Å²) in [7, 11) is 0. The Morgan fingerprint density at radius 2 is 1.52 bits per heavy atom. The third kappa shape index (κ3) is 7.80. The van der Waals surface area contributed by atoms with E-state index >= 15 is 0 Å². The second-order valence-electron chi connectivity index (χ2n) is 10.2. The fraction of sp³-hybridized carbons (Fsp3) is 0.176. The fourth-order valence-corrected chi connectivity index (χ4v) is 8.71. The van der Waals surface area contributed by atoms with Crippen molar-refractivity contribution < 1.29 is 32.2 Å². The summed E-state index contributed by atoms with van der Waals surface area (Å²) < 4.78 is 60.1. The van der Waals surface area contributed by atoms with E-state index in [1.807, 2.05) is 38.1 Å². The van der Waals surface area contributed by atoms with Gasteiger partial charge >= 0.3 is 263 Å². The SMILES string of the molecule is Cc1cc(SC(Cc2ccc(-c3ccc(F)cc3)cc2)c2[se]c(-c3ccc(C(F)(F)F)cc3)nc2C)ccc1OCC(=O)O. The second kappa shape index (κ2) is 13.4. The van der Waals surface area contributed by atoms with Gasteiger partial charge in [-0.05, 0) is 0 Å². The zero-order valence-electron chi connectivity index (χ0n) is 23.7. The third-order valence-electron chi connectivity index (χ3n) is 6.91. The van der Waals surface area contributed by atoms with Crippen LogP contribution in [-0.4, -0.2) is 37.2 Å². The Hall–Kier alpha value is -3.85. The van der Waals surface area contributed by atoms with Gasteiger partial charge in [0, 0.05) is 0 Å². The molecule has 0 aliphatic heterocycles. The normalized spacial score (nSPS) is 12.2. The Morgan fingerprint density at radius 1 is 0.909 bits per heavy atom. The van der Waals surface area contributed by atoms with Crippen LogP contribution in [0.25, 0.3) is 21.3 Å². The molecule has 5 rings (SSSR count). The summed E-state index contributed by atoms with van der Waals surface area (Å²) >= 11 is 1.45. The van der Waals surface area contributed by atoms with Gasteiger partial charge in [-0.1, -0.05) is 0 Å². The molecule has 4 nitrogen and oxygen atoms in total. The number of carboxylic acids is 1. The van der Waals surface area contributed by atoms with Crippen LogP contribution in [0.3, 0.4) is 0 Å². The predicted molar refractivity (Wildman–Crippen MR) is 165 cm³/mol. The molecule has 4 aromatic carbocycles. The van der Waals surface area contributed by atoms with Crippen LogP contribution in [-0.2, 0) is 17.4 Å². The summed E-state index contributed by atoms with van der Waals surface area (Å²) in [6, 6.07) is 25.2. The molecule has 0 aliphatic rings. The number of hydrogen-bond acceptors (Lipinski definition) is 4. The van der Waals surface area contributed by atoms with Crippen molar-refractivity contribution in [2.45, 2.75) is 36.6 Å². The Balaban J connectivity index is 1.44. The van der Waals surface area contributed by atoms with Crippen molar-refractivity contribution in [2.24, 2.45) is 0 Å². The number of carbonyl (C=O) groups is 1. The Morgan fingerprint density at radius 3 is 2.11 bits per heavy atom. The van der Waals surface area contributed by atoms with Crippen LogP contribution in [0.15, 0.2) is 95.9 Å². The molecule has 1 unspecified atom stereocenters. The fourth-order valence-electron chi connectivity index (χ4n) is 4.67. The van der Waals surface area contributed by atoms with Gasteiger partial charge in [0.25, 0.3) is 0 Å². The maximum absolute atomic E-state index is 13.4. The minimum atomic E-state index is -4.40. The van der Waals surface area contributed by atoms with E-state index in [0.29, 0.717) is 17.7 Å². The van der Waals surface area contributed by atoms with Crippen LogP contribution in [0, 0.1) is 19.7 Å². The summed E-state index contributed by atoms with van der Waals surface area (Å²) in [5, 5.41) is 8.94. The van der Waals surface area contributed by atoms with Crippen LogP contribution < -0.4 is 4.74 Å². The molecule has 5 aromatic rings. The van der Waals surface area contributed by atoms with Crippen LogP contribution in [0.1, 0.15) is 32.1 Å². The molecule has 0 bridgehead atoms. The Bertz CT molecular complexity index is 1750. The first-order valence-corrected chi connectivity index (χ1v) is 16.2. The monoisotopic (exact) mass is 685 g/mol. The molecular formula is C34H27F4NO3SSe. The molecule has 1 N–H and O–H groups in total. The summed E-state index contributed by atoms with van der Waals surface area (Å²) in [6.45, 7) is 3.37. The van der Waals surface area contributed by atoms with Gasteiger partial charge in [-0.25, -0.2) is 0 Å². The van der Waals surface area contributed by atoms with E-state index < -0.39 is 24.3 Å². The molecule has 0 fully saturated rings. The number of carboxylic acid groups (broad SMARTS) is 1. The van der Waals surface area contributed by atoms with Gasteiger partial charge in [0.05, 0.1) is 0 Å². The molecule has 226 valence electrons. The van der Waals surface area contributed by atoms with E-state index in [1.165, 1.54) is 24.3 Å². The van der Waals surface area contributed by atoms with Crippen molar-refractivity contribution in [3.63, 3.8) is 0 Å². The molecule has 1 atom stereocenters. The Kier molecular flexibility index (Phi) is 9.63. The van der Waals surface area contributed by atoms with Gasteiger partial charge in [-0.15, -0.1) is 0 Å². The number of rotatable bonds is 10. The average Bonchev–Trinajstić information content (AvgIpc) is 3.38. The molecule has 1 aromatic heterocycles. The van der Waals surface area contributed by atoms with Crippen molar-refractivity contribution in [3.8, 4) is 27.0 Å². The molecule has 0 spiro atoms. The van der Waals surface area contributed by atoms with Crippen LogP contribution in [0.2, 0.25) is 0 Å². The zero-order chi connectivity index (χ0) is 31.4. The van der Waals surface area contributed by atoms with Crippen LogP contribution in [0.5, 0.6) is 5.75 Å². The number of halogens is 4. The van der Waals surface area contributed by atoms with Gasteiger partial charge in [-0.3, -0.25) is 0 Å². The number of nitrogens with zero attached hydrogens (tertiary/aromatic N) is 1. The van der Waals surface area contributed by atoms with Gasteiger partial charge in [-0.2, -0.15) is 0 Å². The van der Waals surface area contributed by atoms with Crippen LogP contribution >= 0.6 is 11.8 Å². The summed E-state index contributed by atoms with van der Waals surface area (Å²) in [5.41, 5.74) is 4.62. The number of benzene rings is 4. The van der Waals surface area contributed by atoms with Gasteiger partial charge < -0.3 is 0 Å². The predicted octanol–water partition coefficient (Wildman–Crippen LogP) is 8.79. The molecule has 0 amide bonds. The molecular weight excluding hydrogens is 657 g/mol. The van der Waals surface area contributed by atoms with E-state index in [-0.39, 0.29) is 25.6 Å². The van der Waals surface area contributed by atoms with E-state index in [2.05, 4.69) is 12.1 Å². The number of aromatic nitrogens is 1. The van der Waals surface area contributed by atoms with E-state index in [4.69, 9.17) is 14.8 Å². The molecule has 0 saturated heterocycles. The van der Waals surface area contributed by atoms with Crippen molar-refractivity contribution in [3.05, 3.63) is 124 Å². The molecule has 10 heteroatoms. The number of thioether (sulfide) groups is 1. The summed E-state index contributed by atoms with van der Waals surface area (Å²) in [6.07, 6.45) is -3.73. The zero-order valence-corrected chi connectivity index (χ0v) is 26.2. The van der Waals surface area contributed by atoms with E-state index in [1.54, 1.807) is 30.0 Å². The second-order valence-corrected chi connectivity index (χ2v) is 13.6. The maximum atomic E-state index is 13.4. The third-order valence-corrected chi connectivity index (χ3v) is 11.2. The number of alkyl halides is 3. The van der Waals surface area contributed by atoms with E-state index in [0.717, 1.165) is 54.0 Å². The van der Waals surface area contributed by atoms with Gasteiger partial charge in [0.15, 0.2) is 0 Å². The molecule has 0 aliphatic carbocycles. The van der Waals surface area contributed by atoms with Crippen molar-refractivity contribution >= 4 is 32.2 Å². The number of aryl methyl sites for hydroxylation is 2. The summed E-state index contributed by atoms with van der Waals surface area (Å²) in [4.78, 5) is 16.7. The first kappa shape index (κ1) is 31.6. The Labute approximate surface area is 262 Å². The molecule has 1 heterocycles. The number of hydrogen-bond donors (Lipinski definition) is 1. The van der Waals surface area contributed by atoms with Crippen LogP contribution in [0.4, 0.5) is 17.6 Å². The molecule has 0 saturated carbocycles. The average molecular weight is 685 g/mol. The molecule has 44 heavy (non-hydrogen) atoms. The number of ether oxygens (including phenoxy) is 1. The van der Waals surface area contributed by atoms with Gasteiger partial charge in [0.2, 0.25) is 0 Å². The number of aliphatic carboxylic acids is 1. The summed E-state index contributed by atoms with van der Waals surface area (Å²) in [5.74, 6) is -0.844. The topological polar surface area (TPSA) is 59.4 Å². The molecule has 0 radical (unpaired) electrons. The van der Waals surface area contributed by atoms with Crippen molar-refractivity contribution in [1.29, 1.82) is 0 Å². The first-order valence-electron chi connectivity index (χ1n) is 13.6. The van der Waals surface area contributed by atoms with E-state index in [9.17, 15) is 22.4 Å².